The van der Waals surface area contributed by atoms with Crippen LogP contribution < -0.4 is 16.4 Å². The van der Waals surface area contributed by atoms with E-state index in [9.17, 15) is 4.79 Å². The maximum atomic E-state index is 12.5. The summed E-state index contributed by atoms with van der Waals surface area (Å²) in [5.74, 6) is 0.545. The van der Waals surface area contributed by atoms with Crippen molar-refractivity contribution in [2.75, 3.05) is 17.6 Å². The van der Waals surface area contributed by atoms with Gasteiger partial charge in [-0.2, -0.15) is 12.6 Å². The third-order valence-corrected chi connectivity index (χ3v) is 4.48. The number of hydrogen-bond acceptors (Lipinski definition) is 4. The van der Waals surface area contributed by atoms with E-state index in [1.54, 1.807) is 0 Å². The SMILES string of the molecule is Cc1cccc(NC(=O)c2cccc(CNC[C@@H](N)CS)c2)c1C.Cl.Cl. The summed E-state index contributed by atoms with van der Waals surface area (Å²) in [6, 6.07) is 13.6. The lowest BCUT2D eigenvalue weighted by atomic mass is 10.1. The molecule has 0 heterocycles. The van der Waals surface area contributed by atoms with Gasteiger partial charge < -0.3 is 16.4 Å². The molecule has 0 radical (unpaired) electrons. The number of amides is 1. The van der Waals surface area contributed by atoms with Gasteiger partial charge in [-0.15, -0.1) is 24.8 Å². The fraction of sp³-hybridized carbons (Fsp3) is 0.316. The summed E-state index contributed by atoms with van der Waals surface area (Å²) in [5, 5.41) is 6.27. The van der Waals surface area contributed by atoms with Crippen molar-refractivity contribution in [3.63, 3.8) is 0 Å². The fourth-order valence-corrected chi connectivity index (χ4v) is 2.50. The Kier molecular flexibility index (Phi) is 11.6. The van der Waals surface area contributed by atoms with Gasteiger partial charge in [0, 0.05) is 36.1 Å². The van der Waals surface area contributed by atoms with Crippen LogP contribution in [0.5, 0.6) is 0 Å². The average Bonchev–Trinajstić information content (AvgIpc) is 2.59. The summed E-state index contributed by atoms with van der Waals surface area (Å²) in [7, 11) is 0. The van der Waals surface area contributed by atoms with Crippen molar-refractivity contribution in [3.05, 3.63) is 64.7 Å². The normalized spacial score (nSPS) is 11.1. The Morgan fingerprint density at radius 2 is 1.85 bits per heavy atom. The number of thiol groups is 1. The van der Waals surface area contributed by atoms with E-state index in [0.29, 0.717) is 24.4 Å². The molecule has 0 saturated carbocycles. The summed E-state index contributed by atoms with van der Waals surface area (Å²) in [4.78, 5) is 12.5. The van der Waals surface area contributed by atoms with Crippen molar-refractivity contribution in [2.24, 2.45) is 5.73 Å². The lowest BCUT2D eigenvalue weighted by molar-refractivity contribution is 0.102. The summed E-state index contributed by atoms with van der Waals surface area (Å²) in [6.45, 7) is 5.41. The number of benzene rings is 2. The van der Waals surface area contributed by atoms with Crippen molar-refractivity contribution >= 4 is 49.0 Å². The Balaban J connectivity index is 0.00000312. The molecule has 0 aromatic heterocycles. The van der Waals surface area contributed by atoms with E-state index < -0.39 is 0 Å². The first-order valence-corrected chi connectivity index (χ1v) is 8.68. The molecule has 0 aliphatic rings. The highest BCUT2D eigenvalue weighted by atomic mass is 35.5. The van der Waals surface area contributed by atoms with Crippen LogP contribution in [-0.2, 0) is 6.54 Å². The summed E-state index contributed by atoms with van der Waals surface area (Å²) in [5.41, 5.74) is 10.6. The Morgan fingerprint density at radius 1 is 1.15 bits per heavy atom. The number of halogens is 2. The Morgan fingerprint density at radius 3 is 2.54 bits per heavy atom. The van der Waals surface area contributed by atoms with Crippen molar-refractivity contribution in [3.8, 4) is 0 Å². The Labute approximate surface area is 173 Å². The number of hydrogen-bond donors (Lipinski definition) is 4. The van der Waals surface area contributed by atoms with Gasteiger partial charge in [-0.05, 0) is 48.7 Å². The van der Waals surface area contributed by atoms with Gasteiger partial charge in [0.25, 0.3) is 5.91 Å². The molecular weight excluding hydrogens is 389 g/mol. The van der Waals surface area contributed by atoms with Crippen LogP contribution >= 0.6 is 37.4 Å². The van der Waals surface area contributed by atoms with Crippen molar-refractivity contribution in [2.45, 2.75) is 26.4 Å². The first-order chi connectivity index (χ1) is 11.5. The van der Waals surface area contributed by atoms with Crippen LogP contribution in [0, 0.1) is 13.8 Å². The highest BCUT2D eigenvalue weighted by molar-refractivity contribution is 7.80. The van der Waals surface area contributed by atoms with Gasteiger partial charge in [0.05, 0.1) is 0 Å². The molecule has 4 N–H and O–H groups in total. The lowest BCUT2D eigenvalue weighted by Gasteiger charge is -2.12. The van der Waals surface area contributed by atoms with Gasteiger partial charge in [-0.3, -0.25) is 4.79 Å². The summed E-state index contributed by atoms with van der Waals surface area (Å²) < 4.78 is 0. The molecule has 26 heavy (non-hydrogen) atoms. The van der Waals surface area contributed by atoms with E-state index in [-0.39, 0.29) is 36.8 Å². The summed E-state index contributed by atoms with van der Waals surface area (Å²) in [6.07, 6.45) is 0. The highest BCUT2D eigenvalue weighted by Crippen LogP contribution is 2.19. The van der Waals surface area contributed by atoms with Crippen molar-refractivity contribution < 1.29 is 4.79 Å². The minimum absolute atomic E-state index is 0. The average molecular weight is 416 g/mol. The van der Waals surface area contributed by atoms with Gasteiger partial charge in [0.15, 0.2) is 0 Å². The van der Waals surface area contributed by atoms with Crippen LogP contribution in [0.25, 0.3) is 0 Å². The predicted octanol–water partition coefficient (Wildman–Crippen LogP) is 3.75. The van der Waals surface area contributed by atoms with Gasteiger partial charge in [-0.25, -0.2) is 0 Å². The quantitative estimate of drug-likeness (QED) is 0.520. The van der Waals surface area contributed by atoms with Gasteiger partial charge in [0.2, 0.25) is 0 Å². The van der Waals surface area contributed by atoms with Crippen LogP contribution in [0.1, 0.15) is 27.0 Å². The number of carbonyl (C=O) groups excluding carboxylic acids is 1. The molecule has 0 aliphatic heterocycles. The molecule has 2 rings (SSSR count). The zero-order valence-corrected chi connectivity index (χ0v) is 17.5. The van der Waals surface area contributed by atoms with Crippen LogP contribution in [-0.4, -0.2) is 24.2 Å². The minimum atomic E-state index is -0.0994. The van der Waals surface area contributed by atoms with Gasteiger partial charge in [-0.1, -0.05) is 24.3 Å². The molecule has 144 valence electrons. The first kappa shape index (κ1) is 24.8. The van der Waals surface area contributed by atoms with E-state index in [1.807, 2.05) is 56.3 Å². The largest absolute Gasteiger partial charge is 0.326 e. The molecule has 1 amide bonds. The zero-order valence-electron chi connectivity index (χ0n) is 15.0. The number of anilines is 1. The third-order valence-electron chi connectivity index (χ3n) is 4.01. The number of rotatable bonds is 7. The molecule has 1 atom stereocenters. The third kappa shape index (κ3) is 7.17. The number of aryl methyl sites for hydroxylation is 1. The molecular formula is C19H27Cl2N3OS. The molecule has 0 fully saturated rings. The van der Waals surface area contributed by atoms with Crippen LogP contribution in [0.4, 0.5) is 5.69 Å². The smallest absolute Gasteiger partial charge is 0.255 e. The monoisotopic (exact) mass is 415 g/mol. The lowest BCUT2D eigenvalue weighted by Crippen LogP contribution is -2.34. The van der Waals surface area contributed by atoms with Crippen molar-refractivity contribution in [1.82, 2.24) is 5.32 Å². The van der Waals surface area contributed by atoms with Gasteiger partial charge in [0.1, 0.15) is 0 Å². The molecule has 7 heteroatoms. The zero-order chi connectivity index (χ0) is 17.5. The topological polar surface area (TPSA) is 67.2 Å². The molecule has 2 aromatic rings. The fourth-order valence-electron chi connectivity index (χ4n) is 2.37. The summed E-state index contributed by atoms with van der Waals surface area (Å²) >= 11 is 4.16. The second kappa shape index (κ2) is 12.2. The molecule has 2 aromatic carbocycles. The van der Waals surface area contributed by atoms with Gasteiger partial charge >= 0.3 is 0 Å². The van der Waals surface area contributed by atoms with Crippen LogP contribution in [0.15, 0.2) is 42.5 Å². The van der Waals surface area contributed by atoms with E-state index in [2.05, 4.69) is 23.3 Å². The maximum absolute atomic E-state index is 12.5. The van der Waals surface area contributed by atoms with E-state index in [1.165, 1.54) is 0 Å². The van der Waals surface area contributed by atoms with E-state index >= 15 is 0 Å². The molecule has 0 bridgehead atoms. The van der Waals surface area contributed by atoms with Crippen LogP contribution in [0.3, 0.4) is 0 Å². The second-order valence-corrected chi connectivity index (χ2v) is 6.34. The molecule has 0 spiro atoms. The molecule has 4 nitrogen and oxygen atoms in total. The standard InChI is InChI=1S/C19H25N3OS.2ClH/c1-13-5-3-8-18(14(13)2)22-19(23)16-7-4-6-15(9-16)10-21-11-17(20)12-24;;/h3-9,17,21,24H,10-12,20H2,1-2H3,(H,22,23);2*1H/t17-;;/m1../s1. The first-order valence-electron chi connectivity index (χ1n) is 8.05. The maximum Gasteiger partial charge on any atom is 0.255 e. The van der Waals surface area contributed by atoms with Crippen LogP contribution in [0.2, 0.25) is 0 Å². The van der Waals surface area contributed by atoms with Crippen molar-refractivity contribution in [1.29, 1.82) is 0 Å². The molecule has 0 aliphatic carbocycles. The minimum Gasteiger partial charge on any atom is -0.326 e. The Hall–Kier alpha value is -1.24. The molecule has 0 unspecified atom stereocenters. The predicted molar refractivity (Wildman–Crippen MR) is 118 cm³/mol. The highest BCUT2D eigenvalue weighted by Gasteiger charge is 2.09. The molecule has 0 saturated heterocycles. The second-order valence-electron chi connectivity index (χ2n) is 5.98. The number of carbonyl (C=O) groups is 1. The van der Waals surface area contributed by atoms with E-state index in [0.717, 1.165) is 22.4 Å². The Bertz CT molecular complexity index is 713. The number of nitrogens with one attached hydrogen (secondary N) is 2. The van der Waals surface area contributed by atoms with E-state index in [4.69, 9.17) is 5.73 Å². The number of nitrogens with two attached hydrogens (primary N) is 1.